The van der Waals surface area contributed by atoms with Crippen LogP contribution in [0.4, 0.5) is 39.5 Å². The van der Waals surface area contributed by atoms with E-state index in [0.717, 1.165) is 18.2 Å². The Morgan fingerprint density at radius 2 is 1.45 bits per heavy atom. The number of benzene rings is 2. The van der Waals surface area contributed by atoms with Crippen molar-refractivity contribution in [3.63, 3.8) is 0 Å². The molecule has 12 heteroatoms. The van der Waals surface area contributed by atoms with E-state index in [1.807, 2.05) is 0 Å². The Hall–Kier alpha value is -1.74. The Bertz CT molecular complexity index is 976. The molecule has 1 atom stereocenters. The highest BCUT2D eigenvalue weighted by atomic mass is 79.9. The molecule has 0 spiro atoms. The van der Waals surface area contributed by atoms with E-state index in [-0.39, 0.29) is 11.6 Å². The van der Waals surface area contributed by atoms with E-state index in [4.69, 9.17) is 5.26 Å². The highest BCUT2D eigenvalue weighted by molar-refractivity contribution is 9.11. The molecule has 1 radical (unpaired) electrons. The van der Waals surface area contributed by atoms with Crippen molar-refractivity contribution in [3.8, 4) is 17.2 Å². The number of nitrogens with zero attached hydrogens (tertiary/aromatic N) is 1. The summed E-state index contributed by atoms with van der Waals surface area (Å²) < 4.78 is 121. The van der Waals surface area contributed by atoms with Gasteiger partial charge in [-0.1, -0.05) is 28.1 Å². The molecule has 0 heterocycles. The van der Waals surface area contributed by atoms with Gasteiger partial charge in [-0.3, -0.25) is 0 Å². The smallest absolute Gasteiger partial charge is 0.221 e. The highest BCUT2D eigenvalue weighted by Gasteiger charge is 2.82. The third-order valence-electron chi connectivity index (χ3n) is 3.82. The Balaban J connectivity index is 3.02. The molecule has 0 saturated carbocycles. The first-order valence-corrected chi connectivity index (χ1v) is 8.79. The van der Waals surface area contributed by atoms with Crippen molar-refractivity contribution in [1.82, 2.24) is 0 Å². The topological polar surface area (TPSA) is 23.8 Å². The van der Waals surface area contributed by atoms with Crippen LogP contribution in [0.25, 0.3) is 11.1 Å². The van der Waals surface area contributed by atoms with Crippen molar-refractivity contribution < 1.29 is 39.5 Å². The number of nitriles is 1. The Morgan fingerprint density at radius 1 is 0.862 bits per heavy atom. The van der Waals surface area contributed by atoms with E-state index >= 15 is 4.39 Å². The fourth-order valence-corrected chi connectivity index (χ4v) is 3.86. The SMILES string of the molecule is N#Cc1cccc(-c2c(Br)[c]c(Br)cc2C(F)(C(F)(F)F)C(F)(F)C(F)(F)F)c1. The van der Waals surface area contributed by atoms with E-state index in [9.17, 15) is 35.1 Å². The van der Waals surface area contributed by atoms with Gasteiger partial charge in [0.2, 0.25) is 0 Å². The molecule has 29 heavy (non-hydrogen) atoms. The van der Waals surface area contributed by atoms with Crippen LogP contribution in [0.5, 0.6) is 0 Å². The summed E-state index contributed by atoms with van der Waals surface area (Å²) in [6.07, 6.45) is -13.5. The molecule has 2 aromatic carbocycles. The zero-order chi connectivity index (χ0) is 22.4. The average molecular weight is 554 g/mol. The predicted octanol–water partition coefficient (Wildman–Crippen LogP) is 7.48. The standard InChI is InChI=1S/C17H5Br2F9N/c18-10-5-11(14(20,16(23,24)25)15(21,22)17(26,27)28)13(12(19)6-10)9-3-1-2-8(4-9)7-29/h1-5H. The molecule has 0 saturated heterocycles. The number of rotatable bonds is 3. The summed E-state index contributed by atoms with van der Waals surface area (Å²) in [6, 6.07) is 8.37. The van der Waals surface area contributed by atoms with Gasteiger partial charge in [0.05, 0.1) is 11.6 Å². The number of halogens is 11. The predicted molar refractivity (Wildman–Crippen MR) is 90.7 cm³/mol. The van der Waals surface area contributed by atoms with Gasteiger partial charge < -0.3 is 0 Å². The minimum atomic E-state index is -6.86. The van der Waals surface area contributed by atoms with Gasteiger partial charge in [0.1, 0.15) is 0 Å². The van der Waals surface area contributed by atoms with E-state index in [1.54, 1.807) is 6.07 Å². The second-order valence-corrected chi connectivity index (χ2v) is 7.29. The third-order valence-corrected chi connectivity index (χ3v) is 4.84. The maximum Gasteiger partial charge on any atom is 0.457 e. The lowest BCUT2D eigenvalue weighted by Gasteiger charge is -2.37. The van der Waals surface area contributed by atoms with Crippen LogP contribution in [0.2, 0.25) is 0 Å². The molecule has 2 aromatic rings. The minimum Gasteiger partial charge on any atom is -0.221 e. The maximum atomic E-state index is 15.1. The summed E-state index contributed by atoms with van der Waals surface area (Å²) in [5, 5.41) is 8.92. The van der Waals surface area contributed by atoms with Crippen LogP contribution in [0.3, 0.4) is 0 Å². The fourth-order valence-electron chi connectivity index (χ4n) is 2.51. The number of alkyl halides is 9. The van der Waals surface area contributed by atoms with Gasteiger partial charge in [-0.15, -0.1) is 0 Å². The fraction of sp³-hybridized carbons (Fsp3) is 0.235. The van der Waals surface area contributed by atoms with Gasteiger partial charge >= 0.3 is 23.9 Å². The van der Waals surface area contributed by atoms with E-state index < -0.39 is 49.6 Å². The first kappa shape index (κ1) is 23.5. The van der Waals surface area contributed by atoms with Crippen LogP contribution < -0.4 is 0 Å². The average Bonchev–Trinajstić information content (AvgIpc) is 2.58. The molecule has 0 bridgehead atoms. The van der Waals surface area contributed by atoms with Crippen molar-refractivity contribution in [3.05, 3.63) is 56.5 Å². The maximum absolute atomic E-state index is 15.1. The van der Waals surface area contributed by atoms with Crippen molar-refractivity contribution in [2.24, 2.45) is 0 Å². The lowest BCUT2D eigenvalue weighted by atomic mass is 9.82. The molecule has 2 rings (SSSR count). The minimum absolute atomic E-state index is 0.145. The quantitative estimate of drug-likeness (QED) is 0.362. The van der Waals surface area contributed by atoms with Gasteiger partial charge in [-0.25, -0.2) is 4.39 Å². The highest BCUT2D eigenvalue weighted by Crippen LogP contribution is 2.60. The first-order chi connectivity index (χ1) is 13.1. The van der Waals surface area contributed by atoms with Crippen molar-refractivity contribution >= 4 is 31.9 Å². The summed E-state index contributed by atoms with van der Waals surface area (Å²) in [6.45, 7) is 0. The van der Waals surface area contributed by atoms with Gasteiger partial charge in [0.25, 0.3) is 0 Å². The van der Waals surface area contributed by atoms with Crippen LogP contribution in [-0.2, 0) is 5.67 Å². The van der Waals surface area contributed by atoms with Gasteiger partial charge in [0, 0.05) is 26.1 Å². The molecule has 0 aromatic heterocycles. The van der Waals surface area contributed by atoms with Crippen LogP contribution in [0.1, 0.15) is 11.1 Å². The molecule has 1 nitrogen and oxygen atoms in total. The second kappa shape index (κ2) is 7.50. The van der Waals surface area contributed by atoms with Crippen LogP contribution in [0, 0.1) is 17.4 Å². The molecule has 1 unspecified atom stereocenters. The largest absolute Gasteiger partial charge is 0.457 e. The molecule has 0 aliphatic rings. The molecular weight excluding hydrogens is 549 g/mol. The molecule has 0 fully saturated rings. The molecule has 0 N–H and O–H groups in total. The monoisotopic (exact) mass is 552 g/mol. The summed E-state index contributed by atoms with van der Waals surface area (Å²) >= 11 is 5.36. The zero-order valence-corrected chi connectivity index (χ0v) is 16.7. The summed E-state index contributed by atoms with van der Waals surface area (Å²) in [5.74, 6) is -6.83. The van der Waals surface area contributed by atoms with Crippen molar-refractivity contribution in [2.45, 2.75) is 23.9 Å². The Morgan fingerprint density at radius 3 is 1.93 bits per heavy atom. The van der Waals surface area contributed by atoms with Crippen LogP contribution in [-0.4, -0.2) is 18.3 Å². The van der Waals surface area contributed by atoms with E-state index in [2.05, 4.69) is 37.9 Å². The third kappa shape index (κ3) is 3.86. The Labute approximate surface area is 174 Å². The van der Waals surface area contributed by atoms with Gasteiger partial charge in [-0.05, 0) is 39.7 Å². The van der Waals surface area contributed by atoms with Crippen LogP contribution >= 0.6 is 31.9 Å². The van der Waals surface area contributed by atoms with Gasteiger partial charge in [-0.2, -0.15) is 40.4 Å². The summed E-state index contributed by atoms with van der Waals surface area (Å²) in [4.78, 5) is 0. The summed E-state index contributed by atoms with van der Waals surface area (Å²) in [7, 11) is 0. The van der Waals surface area contributed by atoms with E-state index in [0.29, 0.717) is 0 Å². The molecular formula is C17H5Br2F9N. The normalized spacial score (nSPS) is 15.0. The molecule has 155 valence electrons. The zero-order valence-electron chi connectivity index (χ0n) is 13.5. The van der Waals surface area contributed by atoms with Gasteiger partial charge in [0.15, 0.2) is 0 Å². The first-order valence-electron chi connectivity index (χ1n) is 7.20. The van der Waals surface area contributed by atoms with Crippen LogP contribution in [0.15, 0.2) is 39.3 Å². The molecule has 0 amide bonds. The number of hydrogen-bond acceptors (Lipinski definition) is 1. The second-order valence-electron chi connectivity index (χ2n) is 5.64. The van der Waals surface area contributed by atoms with Crippen molar-refractivity contribution in [1.29, 1.82) is 5.26 Å². The molecule has 0 aliphatic heterocycles. The van der Waals surface area contributed by atoms with Crippen molar-refractivity contribution in [2.75, 3.05) is 0 Å². The van der Waals surface area contributed by atoms with E-state index in [1.165, 1.54) is 6.07 Å². The molecule has 0 aliphatic carbocycles. The summed E-state index contributed by atoms with van der Waals surface area (Å²) in [5.41, 5.74) is -9.66. The number of hydrogen-bond donors (Lipinski definition) is 0. The lowest BCUT2D eigenvalue weighted by molar-refractivity contribution is -0.389. The lowest BCUT2D eigenvalue weighted by Crippen LogP contribution is -2.60. The Kier molecular flexibility index (Phi) is 6.09.